The number of H-pyrrole nitrogens is 1. The van der Waals surface area contributed by atoms with E-state index in [0.29, 0.717) is 28.7 Å². The van der Waals surface area contributed by atoms with Gasteiger partial charge in [0.2, 0.25) is 11.8 Å². The average molecular weight is 424 g/mol. The third-order valence-corrected chi connectivity index (χ3v) is 5.79. The topological polar surface area (TPSA) is 84.2 Å². The van der Waals surface area contributed by atoms with Crippen LogP contribution in [-0.2, 0) is 0 Å². The Kier molecular flexibility index (Phi) is 4.78. The standard InChI is InChI=1S/C21H22ClN7O/c1-13-5-14(15-7-24-25-8-15)11-28(10-13)21-26-17(6-20(27-21)30-2)18-9-23-19-4-3-16(22)12-29(18)19/h3-4,6-9,12-14H,5,10-11H2,1-2H3,(H,24,25). The van der Waals surface area contributed by atoms with Gasteiger partial charge in [0.05, 0.1) is 35.9 Å². The van der Waals surface area contributed by atoms with Crippen LogP contribution in [0, 0.1) is 5.92 Å². The molecule has 8 nitrogen and oxygen atoms in total. The molecule has 1 N–H and O–H groups in total. The van der Waals surface area contributed by atoms with Crippen molar-refractivity contribution < 1.29 is 4.74 Å². The van der Waals surface area contributed by atoms with Gasteiger partial charge in [0, 0.05) is 37.5 Å². The van der Waals surface area contributed by atoms with Gasteiger partial charge in [0.25, 0.3) is 0 Å². The molecule has 1 aliphatic heterocycles. The second-order valence-corrected chi connectivity index (χ2v) is 8.23. The number of ether oxygens (including phenoxy) is 1. The zero-order valence-corrected chi connectivity index (χ0v) is 17.5. The van der Waals surface area contributed by atoms with Crippen molar-refractivity contribution in [1.29, 1.82) is 0 Å². The summed E-state index contributed by atoms with van der Waals surface area (Å²) in [4.78, 5) is 16.2. The lowest BCUT2D eigenvalue weighted by atomic mass is 9.87. The third kappa shape index (κ3) is 3.47. The number of rotatable bonds is 4. The van der Waals surface area contributed by atoms with Crippen LogP contribution in [0.25, 0.3) is 17.0 Å². The van der Waals surface area contributed by atoms with Crippen molar-refractivity contribution in [2.45, 2.75) is 19.3 Å². The summed E-state index contributed by atoms with van der Waals surface area (Å²) in [6, 6.07) is 5.53. The number of imidazole rings is 1. The molecule has 1 aliphatic rings. The van der Waals surface area contributed by atoms with Gasteiger partial charge in [-0.2, -0.15) is 10.1 Å². The summed E-state index contributed by atoms with van der Waals surface area (Å²) in [5.74, 6) is 2.05. The number of nitrogens with zero attached hydrogens (tertiary/aromatic N) is 6. The fourth-order valence-electron chi connectivity index (χ4n) is 4.17. The lowest BCUT2D eigenvalue weighted by Gasteiger charge is -2.36. The van der Waals surface area contributed by atoms with Crippen molar-refractivity contribution >= 4 is 23.2 Å². The van der Waals surface area contributed by atoms with E-state index < -0.39 is 0 Å². The fourth-order valence-corrected chi connectivity index (χ4v) is 4.34. The quantitative estimate of drug-likeness (QED) is 0.537. The number of fused-ring (bicyclic) bond motifs is 1. The van der Waals surface area contributed by atoms with E-state index in [2.05, 4.69) is 32.0 Å². The number of aromatic amines is 1. The average Bonchev–Trinajstić information content (AvgIpc) is 3.43. The lowest BCUT2D eigenvalue weighted by Crippen LogP contribution is -2.39. The molecule has 0 radical (unpaired) electrons. The molecule has 5 heterocycles. The molecule has 0 bridgehead atoms. The van der Waals surface area contributed by atoms with E-state index in [1.165, 1.54) is 5.56 Å². The number of piperidine rings is 1. The van der Waals surface area contributed by atoms with E-state index in [0.717, 1.165) is 36.5 Å². The minimum atomic E-state index is 0.375. The Bertz CT molecular complexity index is 1170. The number of nitrogens with one attached hydrogen (secondary N) is 1. The summed E-state index contributed by atoms with van der Waals surface area (Å²) in [5, 5.41) is 7.67. The van der Waals surface area contributed by atoms with Crippen LogP contribution in [0.15, 0.2) is 43.0 Å². The summed E-state index contributed by atoms with van der Waals surface area (Å²) >= 11 is 6.21. The number of aromatic nitrogens is 6. The van der Waals surface area contributed by atoms with Gasteiger partial charge >= 0.3 is 0 Å². The summed E-state index contributed by atoms with van der Waals surface area (Å²) < 4.78 is 7.43. The molecule has 0 saturated carbocycles. The molecule has 2 atom stereocenters. The Labute approximate surface area is 178 Å². The Morgan fingerprint density at radius 1 is 1.20 bits per heavy atom. The molecule has 1 fully saturated rings. The van der Waals surface area contributed by atoms with Crippen molar-refractivity contribution in [2.75, 3.05) is 25.1 Å². The van der Waals surface area contributed by atoms with Gasteiger partial charge in [-0.25, -0.2) is 9.97 Å². The van der Waals surface area contributed by atoms with E-state index in [1.807, 2.05) is 41.2 Å². The van der Waals surface area contributed by atoms with Crippen LogP contribution in [0.5, 0.6) is 5.88 Å². The van der Waals surface area contributed by atoms with Crippen LogP contribution in [0.3, 0.4) is 0 Å². The molecule has 4 aromatic heterocycles. The maximum atomic E-state index is 6.21. The Hall–Kier alpha value is -3.13. The van der Waals surface area contributed by atoms with Crippen molar-refractivity contribution in [3.8, 4) is 17.3 Å². The van der Waals surface area contributed by atoms with Crippen LogP contribution in [-0.4, -0.2) is 49.7 Å². The zero-order valence-electron chi connectivity index (χ0n) is 16.8. The summed E-state index contributed by atoms with van der Waals surface area (Å²) in [6.45, 7) is 3.97. The smallest absolute Gasteiger partial charge is 0.229 e. The van der Waals surface area contributed by atoms with Gasteiger partial charge in [0.1, 0.15) is 5.65 Å². The molecule has 5 rings (SSSR count). The molecule has 4 aromatic rings. The number of pyridine rings is 1. The van der Waals surface area contributed by atoms with Gasteiger partial charge in [-0.3, -0.25) is 9.50 Å². The van der Waals surface area contributed by atoms with Crippen LogP contribution in [0.2, 0.25) is 5.02 Å². The molecule has 0 spiro atoms. The number of anilines is 1. The molecule has 0 aliphatic carbocycles. The first-order chi connectivity index (χ1) is 14.6. The lowest BCUT2D eigenvalue weighted by molar-refractivity contribution is 0.385. The minimum absolute atomic E-state index is 0.375. The number of methoxy groups -OCH3 is 1. The number of hydrogen-bond donors (Lipinski definition) is 1. The molecule has 30 heavy (non-hydrogen) atoms. The van der Waals surface area contributed by atoms with Gasteiger partial charge in [-0.1, -0.05) is 18.5 Å². The first kappa shape index (κ1) is 18.9. The molecule has 154 valence electrons. The first-order valence-corrected chi connectivity index (χ1v) is 10.3. The monoisotopic (exact) mass is 423 g/mol. The SMILES string of the molecule is COc1cc(-c2cnc3ccc(Cl)cn23)nc(N2CC(C)CC(c3cn[nH]c3)C2)n1. The van der Waals surface area contributed by atoms with E-state index in [1.54, 1.807) is 13.3 Å². The fraction of sp³-hybridized carbons (Fsp3) is 0.333. The normalized spacial score (nSPS) is 19.4. The van der Waals surface area contributed by atoms with Crippen molar-refractivity contribution in [1.82, 2.24) is 29.5 Å². The van der Waals surface area contributed by atoms with E-state index in [9.17, 15) is 0 Å². The predicted molar refractivity (Wildman–Crippen MR) is 115 cm³/mol. The zero-order chi connectivity index (χ0) is 20.7. The highest BCUT2D eigenvalue weighted by molar-refractivity contribution is 6.30. The highest BCUT2D eigenvalue weighted by atomic mass is 35.5. The van der Waals surface area contributed by atoms with Crippen LogP contribution in [0.4, 0.5) is 5.95 Å². The van der Waals surface area contributed by atoms with Gasteiger partial charge < -0.3 is 9.64 Å². The minimum Gasteiger partial charge on any atom is -0.481 e. The molecule has 0 aromatic carbocycles. The molecule has 1 saturated heterocycles. The van der Waals surface area contributed by atoms with Crippen molar-refractivity contribution in [2.24, 2.45) is 5.92 Å². The maximum absolute atomic E-state index is 6.21. The number of hydrogen-bond acceptors (Lipinski definition) is 6. The van der Waals surface area contributed by atoms with Crippen LogP contribution < -0.4 is 9.64 Å². The third-order valence-electron chi connectivity index (χ3n) is 5.57. The molecular weight excluding hydrogens is 402 g/mol. The number of halogens is 1. The maximum Gasteiger partial charge on any atom is 0.229 e. The Balaban J connectivity index is 1.55. The highest BCUT2D eigenvalue weighted by Gasteiger charge is 2.28. The van der Waals surface area contributed by atoms with Crippen LogP contribution >= 0.6 is 11.6 Å². The van der Waals surface area contributed by atoms with E-state index >= 15 is 0 Å². The van der Waals surface area contributed by atoms with Gasteiger partial charge in [-0.15, -0.1) is 0 Å². The summed E-state index contributed by atoms with van der Waals surface area (Å²) in [5.41, 5.74) is 3.60. The Morgan fingerprint density at radius 3 is 2.90 bits per heavy atom. The second kappa shape index (κ2) is 7.60. The summed E-state index contributed by atoms with van der Waals surface area (Å²) in [6.07, 6.45) is 8.62. The van der Waals surface area contributed by atoms with E-state index in [4.69, 9.17) is 21.3 Å². The van der Waals surface area contributed by atoms with Crippen LogP contribution in [0.1, 0.15) is 24.8 Å². The molecular formula is C21H22ClN7O. The Morgan fingerprint density at radius 2 is 2.10 bits per heavy atom. The first-order valence-electron chi connectivity index (χ1n) is 9.90. The molecule has 2 unspecified atom stereocenters. The second-order valence-electron chi connectivity index (χ2n) is 7.79. The largest absolute Gasteiger partial charge is 0.481 e. The highest BCUT2D eigenvalue weighted by Crippen LogP contribution is 2.33. The van der Waals surface area contributed by atoms with Gasteiger partial charge in [0.15, 0.2) is 0 Å². The van der Waals surface area contributed by atoms with Gasteiger partial charge in [-0.05, 0) is 30.0 Å². The van der Waals surface area contributed by atoms with Crippen molar-refractivity contribution in [3.05, 3.63) is 53.6 Å². The van der Waals surface area contributed by atoms with Crippen molar-refractivity contribution in [3.63, 3.8) is 0 Å². The summed E-state index contributed by atoms with van der Waals surface area (Å²) in [7, 11) is 1.62. The van der Waals surface area contributed by atoms with E-state index in [-0.39, 0.29) is 0 Å². The predicted octanol–water partition coefficient (Wildman–Crippen LogP) is 3.81. The molecule has 9 heteroatoms. The molecule has 0 amide bonds.